The van der Waals surface area contributed by atoms with Gasteiger partial charge >= 0.3 is 0 Å². The van der Waals surface area contributed by atoms with Crippen molar-refractivity contribution in [1.82, 2.24) is 15.6 Å². The van der Waals surface area contributed by atoms with Gasteiger partial charge in [-0.2, -0.15) is 0 Å². The van der Waals surface area contributed by atoms with Gasteiger partial charge in [-0.3, -0.25) is 4.98 Å². The molecule has 150 valence electrons. The van der Waals surface area contributed by atoms with Crippen molar-refractivity contribution in [3.63, 3.8) is 0 Å². The van der Waals surface area contributed by atoms with Crippen LogP contribution in [0, 0.1) is 13.8 Å². The molecule has 0 fully saturated rings. The van der Waals surface area contributed by atoms with E-state index in [0.717, 1.165) is 46.4 Å². The van der Waals surface area contributed by atoms with Crippen molar-refractivity contribution in [3.8, 4) is 11.5 Å². The predicted molar refractivity (Wildman–Crippen MR) is 114 cm³/mol. The van der Waals surface area contributed by atoms with E-state index < -0.39 is 0 Å². The van der Waals surface area contributed by atoms with Crippen molar-refractivity contribution in [3.05, 3.63) is 65.5 Å². The largest absolute Gasteiger partial charge is 0.496 e. The Morgan fingerprint density at radius 2 is 2.04 bits per heavy atom. The lowest BCUT2D eigenvalue weighted by molar-refractivity contribution is 0.359. The summed E-state index contributed by atoms with van der Waals surface area (Å²) in [5.74, 6) is 2.42. The first-order valence-electron chi connectivity index (χ1n) is 9.43. The maximum Gasteiger partial charge on any atom is 0.191 e. The first-order valence-corrected chi connectivity index (χ1v) is 9.43. The highest BCUT2D eigenvalue weighted by atomic mass is 16.5. The number of benzene rings is 1. The van der Waals surface area contributed by atoms with Gasteiger partial charge in [0.25, 0.3) is 0 Å². The molecule has 0 bridgehead atoms. The molecule has 0 unspecified atom stereocenters. The van der Waals surface area contributed by atoms with Crippen LogP contribution in [0.15, 0.2) is 48.1 Å². The third-order valence-corrected chi connectivity index (χ3v) is 4.25. The summed E-state index contributed by atoms with van der Waals surface area (Å²) in [6.45, 7) is 12.1. The second kappa shape index (κ2) is 11.0. The van der Waals surface area contributed by atoms with Gasteiger partial charge < -0.3 is 20.1 Å². The highest BCUT2D eigenvalue weighted by Gasteiger charge is 2.10. The van der Waals surface area contributed by atoms with E-state index in [9.17, 15) is 0 Å². The molecule has 2 N–H and O–H groups in total. The van der Waals surface area contributed by atoms with Crippen LogP contribution in [0.1, 0.15) is 29.3 Å². The van der Waals surface area contributed by atoms with Crippen LogP contribution in [-0.4, -0.2) is 31.2 Å². The van der Waals surface area contributed by atoms with Gasteiger partial charge in [0.2, 0.25) is 0 Å². The van der Waals surface area contributed by atoms with Crippen LogP contribution in [0.4, 0.5) is 0 Å². The summed E-state index contributed by atoms with van der Waals surface area (Å²) in [6.07, 6.45) is 3.57. The number of hydrogen-bond donors (Lipinski definition) is 2. The van der Waals surface area contributed by atoms with E-state index in [2.05, 4.69) is 27.2 Å². The van der Waals surface area contributed by atoms with Crippen LogP contribution in [0.5, 0.6) is 11.5 Å². The van der Waals surface area contributed by atoms with Crippen LogP contribution in [0.3, 0.4) is 0 Å². The Labute approximate surface area is 167 Å². The number of aryl methyl sites for hydroxylation is 1. The number of methoxy groups -OCH3 is 1. The number of guanidine groups is 1. The summed E-state index contributed by atoms with van der Waals surface area (Å²) in [5, 5.41) is 6.61. The average Bonchev–Trinajstić information content (AvgIpc) is 2.70. The van der Waals surface area contributed by atoms with E-state index in [4.69, 9.17) is 9.47 Å². The molecule has 6 heteroatoms. The molecule has 0 amide bonds. The van der Waals surface area contributed by atoms with Crippen molar-refractivity contribution < 1.29 is 9.47 Å². The molecule has 2 rings (SSSR count). The SMILES string of the molecule is C=CCOc1ccccc1CN=C(NCC)NCc1ncc(C)c(OC)c1C. The number of hydrogen-bond acceptors (Lipinski definition) is 4. The molecule has 6 nitrogen and oxygen atoms in total. The molecule has 0 aliphatic rings. The molecule has 28 heavy (non-hydrogen) atoms. The molecule has 0 saturated heterocycles. The van der Waals surface area contributed by atoms with Crippen molar-refractivity contribution in [1.29, 1.82) is 0 Å². The predicted octanol–water partition coefficient (Wildman–Crippen LogP) is 3.53. The van der Waals surface area contributed by atoms with Crippen LogP contribution in [0.25, 0.3) is 0 Å². The van der Waals surface area contributed by atoms with Gasteiger partial charge in [-0.25, -0.2) is 4.99 Å². The number of ether oxygens (including phenoxy) is 2. The fraction of sp³-hybridized carbons (Fsp3) is 0.364. The summed E-state index contributed by atoms with van der Waals surface area (Å²) < 4.78 is 11.2. The van der Waals surface area contributed by atoms with Crippen LogP contribution in [-0.2, 0) is 13.1 Å². The molecule has 0 radical (unpaired) electrons. The first kappa shape index (κ1) is 21.3. The van der Waals surface area contributed by atoms with Crippen molar-refractivity contribution >= 4 is 5.96 Å². The molecular formula is C22H30N4O2. The molecule has 0 spiro atoms. The summed E-state index contributed by atoms with van der Waals surface area (Å²) >= 11 is 0. The van der Waals surface area contributed by atoms with Gasteiger partial charge in [0.05, 0.1) is 25.9 Å². The van der Waals surface area contributed by atoms with E-state index >= 15 is 0 Å². The van der Waals surface area contributed by atoms with Crippen molar-refractivity contribution in [2.45, 2.75) is 33.9 Å². The standard InChI is InChI=1S/C22H30N4O2/c1-6-12-28-20-11-9-8-10-18(20)14-25-22(23-7-2)26-15-19-17(4)21(27-5)16(3)13-24-19/h6,8-11,13H,1,7,12,14-15H2,2-5H3,(H2,23,25,26). The minimum Gasteiger partial charge on any atom is -0.496 e. The first-order chi connectivity index (χ1) is 13.6. The Bertz CT molecular complexity index is 818. The van der Waals surface area contributed by atoms with E-state index in [-0.39, 0.29) is 0 Å². The molecule has 0 saturated carbocycles. The smallest absolute Gasteiger partial charge is 0.191 e. The summed E-state index contributed by atoms with van der Waals surface area (Å²) in [4.78, 5) is 9.22. The third-order valence-electron chi connectivity index (χ3n) is 4.25. The highest BCUT2D eigenvalue weighted by molar-refractivity contribution is 5.79. The minimum atomic E-state index is 0.471. The molecule has 0 atom stereocenters. The molecule has 1 aromatic carbocycles. The Balaban J connectivity index is 2.11. The average molecular weight is 383 g/mol. The van der Waals surface area contributed by atoms with Gasteiger partial charge in [-0.1, -0.05) is 30.9 Å². The number of aromatic nitrogens is 1. The van der Waals surface area contributed by atoms with Crippen molar-refractivity contribution in [2.24, 2.45) is 4.99 Å². The van der Waals surface area contributed by atoms with Gasteiger partial charge in [0, 0.05) is 29.4 Å². The summed E-state index contributed by atoms with van der Waals surface area (Å²) in [6, 6.07) is 7.90. The van der Waals surface area contributed by atoms with Gasteiger partial charge in [0.15, 0.2) is 5.96 Å². The molecule has 2 aromatic rings. The minimum absolute atomic E-state index is 0.471. The number of para-hydroxylation sites is 1. The fourth-order valence-corrected chi connectivity index (χ4v) is 2.85. The van der Waals surface area contributed by atoms with Crippen LogP contribution in [0.2, 0.25) is 0 Å². The van der Waals surface area contributed by atoms with Crippen LogP contribution >= 0.6 is 0 Å². The van der Waals surface area contributed by atoms with E-state index in [1.54, 1.807) is 13.2 Å². The lowest BCUT2D eigenvalue weighted by atomic mass is 10.1. The number of aliphatic imine (C=N–C) groups is 1. The normalized spacial score (nSPS) is 11.1. The van der Waals surface area contributed by atoms with Gasteiger partial charge in [-0.05, 0) is 26.8 Å². The summed E-state index contributed by atoms with van der Waals surface area (Å²) in [5.41, 5.74) is 4.02. The molecule has 0 aliphatic heterocycles. The zero-order valence-electron chi connectivity index (χ0n) is 17.2. The summed E-state index contributed by atoms with van der Waals surface area (Å²) in [7, 11) is 1.68. The molecule has 0 aliphatic carbocycles. The Hall–Kier alpha value is -3.02. The van der Waals surface area contributed by atoms with E-state index in [0.29, 0.717) is 19.7 Å². The Kier molecular flexibility index (Phi) is 8.34. The lowest BCUT2D eigenvalue weighted by Crippen LogP contribution is -2.37. The maximum atomic E-state index is 5.71. The molecule has 1 aromatic heterocycles. The Morgan fingerprint density at radius 3 is 2.75 bits per heavy atom. The Morgan fingerprint density at radius 1 is 1.25 bits per heavy atom. The molecular weight excluding hydrogens is 352 g/mol. The molecule has 1 heterocycles. The van der Waals surface area contributed by atoms with Gasteiger partial charge in [-0.15, -0.1) is 0 Å². The van der Waals surface area contributed by atoms with E-state index in [1.165, 1.54) is 0 Å². The number of nitrogens with zero attached hydrogens (tertiary/aromatic N) is 2. The van der Waals surface area contributed by atoms with E-state index in [1.807, 2.05) is 51.2 Å². The number of rotatable bonds is 9. The zero-order valence-corrected chi connectivity index (χ0v) is 17.2. The van der Waals surface area contributed by atoms with Crippen LogP contribution < -0.4 is 20.1 Å². The maximum absolute atomic E-state index is 5.71. The number of nitrogens with one attached hydrogen (secondary N) is 2. The second-order valence-electron chi connectivity index (χ2n) is 6.30. The zero-order chi connectivity index (χ0) is 20.4. The third kappa shape index (κ3) is 5.74. The monoisotopic (exact) mass is 382 g/mol. The fourth-order valence-electron chi connectivity index (χ4n) is 2.85. The van der Waals surface area contributed by atoms with Gasteiger partial charge in [0.1, 0.15) is 18.1 Å². The quantitative estimate of drug-likeness (QED) is 0.395. The highest BCUT2D eigenvalue weighted by Crippen LogP contribution is 2.23. The van der Waals surface area contributed by atoms with Crippen molar-refractivity contribution in [2.75, 3.05) is 20.3 Å². The topological polar surface area (TPSA) is 67.8 Å². The second-order valence-corrected chi connectivity index (χ2v) is 6.30. The number of pyridine rings is 1. The lowest BCUT2D eigenvalue weighted by Gasteiger charge is -2.15.